The summed E-state index contributed by atoms with van der Waals surface area (Å²) in [5.74, 6) is -2.07. The molecule has 2 aliphatic rings. The Morgan fingerprint density at radius 3 is 2.00 bits per heavy atom. The van der Waals surface area contributed by atoms with E-state index < -0.39 is 43.3 Å². The van der Waals surface area contributed by atoms with Crippen molar-refractivity contribution in [2.75, 3.05) is 26.0 Å². The van der Waals surface area contributed by atoms with Gasteiger partial charge < -0.3 is 19.3 Å². The second-order valence-electron chi connectivity index (χ2n) is 9.56. The summed E-state index contributed by atoms with van der Waals surface area (Å²) >= 11 is 0. The Bertz CT molecular complexity index is 1230. The third-order valence-electron chi connectivity index (χ3n) is 7.11. The van der Waals surface area contributed by atoms with Gasteiger partial charge in [0.05, 0.1) is 24.3 Å². The largest absolute Gasteiger partial charge is 0.349 e. The summed E-state index contributed by atoms with van der Waals surface area (Å²) in [6, 6.07) is 15.7. The molecule has 208 valence electrons. The first-order valence-electron chi connectivity index (χ1n) is 13.2. The van der Waals surface area contributed by atoms with E-state index in [1.807, 2.05) is 30.3 Å². The van der Waals surface area contributed by atoms with Crippen molar-refractivity contribution in [3.05, 3.63) is 71.3 Å². The van der Waals surface area contributed by atoms with E-state index in [0.29, 0.717) is 25.7 Å². The number of nitrogens with one attached hydrogen (secondary N) is 1. The molecule has 0 radical (unpaired) electrons. The van der Waals surface area contributed by atoms with Crippen LogP contribution in [-0.4, -0.2) is 65.0 Å². The molecule has 1 heterocycles. The molecular formula is C28H34N3O7P. The maximum atomic E-state index is 13.9. The summed E-state index contributed by atoms with van der Waals surface area (Å²) in [4.78, 5) is 56.2. The number of imide groups is 1. The Kier molecular flexibility index (Phi) is 9.00. The summed E-state index contributed by atoms with van der Waals surface area (Å²) in [7, 11) is -3.57. The molecule has 11 heteroatoms. The summed E-state index contributed by atoms with van der Waals surface area (Å²) in [6.07, 6.45) is 1.84. The highest BCUT2D eigenvalue weighted by molar-refractivity contribution is 7.53. The predicted octanol–water partition coefficient (Wildman–Crippen LogP) is 3.96. The zero-order chi connectivity index (χ0) is 28.0. The number of hydrogen-bond acceptors (Lipinski definition) is 7. The lowest BCUT2D eigenvalue weighted by atomic mass is 9.92. The zero-order valence-corrected chi connectivity index (χ0v) is 23.2. The Morgan fingerprint density at radius 1 is 0.923 bits per heavy atom. The lowest BCUT2D eigenvalue weighted by Gasteiger charge is -2.41. The molecule has 4 rings (SSSR count). The van der Waals surface area contributed by atoms with Crippen LogP contribution in [0.5, 0.6) is 0 Å². The van der Waals surface area contributed by atoms with Gasteiger partial charge in [-0.25, -0.2) is 0 Å². The van der Waals surface area contributed by atoms with Crippen molar-refractivity contribution in [2.45, 2.75) is 51.6 Å². The summed E-state index contributed by atoms with van der Waals surface area (Å²) in [5.41, 5.74) is 0.0396. The molecule has 0 spiro atoms. The molecule has 1 fully saturated rings. The van der Waals surface area contributed by atoms with Crippen LogP contribution >= 0.6 is 7.60 Å². The molecule has 0 atom stereocenters. The van der Waals surface area contributed by atoms with Gasteiger partial charge in [-0.3, -0.25) is 28.6 Å². The Balaban J connectivity index is 1.62. The van der Waals surface area contributed by atoms with E-state index in [9.17, 15) is 23.7 Å². The third kappa shape index (κ3) is 5.98. The second-order valence-corrected chi connectivity index (χ2v) is 11.6. The SMILES string of the molecule is CCOP(=O)(CNC(=O)C1(N(Cc2ccccc2)C(=O)CN2C(=O)c3ccccc3C2=O)CCCC1)OCC. The molecule has 0 bridgehead atoms. The average Bonchev–Trinajstić information content (AvgIpc) is 3.52. The number of fused-ring (bicyclic) bond motifs is 1. The first-order chi connectivity index (χ1) is 18.7. The van der Waals surface area contributed by atoms with E-state index in [1.165, 1.54) is 4.90 Å². The molecule has 1 aliphatic heterocycles. The Labute approximate surface area is 228 Å². The van der Waals surface area contributed by atoms with E-state index in [4.69, 9.17) is 9.05 Å². The fraction of sp³-hybridized carbons (Fsp3) is 0.429. The third-order valence-corrected chi connectivity index (χ3v) is 8.96. The Morgan fingerprint density at radius 2 is 1.46 bits per heavy atom. The lowest BCUT2D eigenvalue weighted by molar-refractivity contribution is -0.148. The molecule has 0 aromatic heterocycles. The molecular weight excluding hydrogens is 521 g/mol. The number of carbonyl (C=O) groups is 4. The quantitative estimate of drug-likeness (QED) is 0.311. The van der Waals surface area contributed by atoms with E-state index in [0.717, 1.165) is 10.5 Å². The first-order valence-corrected chi connectivity index (χ1v) is 14.9. The van der Waals surface area contributed by atoms with Crippen LogP contribution in [-0.2, 0) is 29.7 Å². The van der Waals surface area contributed by atoms with Gasteiger partial charge in [0.25, 0.3) is 11.8 Å². The number of amides is 4. The fourth-order valence-corrected chi connectivity index (χ4v) is 6.66. The molecule has 0 saturated heterocycles. The number of carbonyl (C=O) groups excluding carboxylic acids is 4. The van der Waals surface area contributed by atoms with E-state index in [1.54, 1.807) is 38.1 Å². The van der Waals surface area contributed by atoms with Gasteiger partial charge in [-0.05, 0) is 44.4 Å². The minimum absolute atomic E-state index is 0.102. The van der Waals surface area contributed by atoms with Gasteiger partial charge in [-0.15, -0.1) is 0 Å². The van der Waals surface area contributed by atoms with Crippen LogP contribution in [0.15, 0.2) is 54.6 Å². The smallest absolute Gasteiger partial charge is 0.342 e. The maximum absolute atomic E-state index is 13.9. The minimum atomic E-state index is -3.57. The average molecular weight is 556 g/mol. The van der Waals surface area contributed by atoms with Crippen molar-refractivity contribution in [1.82, 2.24) is 15.1 Å². The molecule has 0 unspecified atom stereocenters. The van der Waals surface area contributed by atoms with Crippen LogP contribution < -0.4 is 5.32 Å². The topological polar surface area (TPSA) is 122 Å². The highest BCUT2D eigenvalue weighted by atomic mass is 31.2. The van der Waals surface area contributed by atoms with E-state index in [-0.39, 0.29) is 37.2 Å². The summed E-state index contributed by atoms with van der Waals surface area (Å²) in [5, 5.41) is 2.73. The van der Waals surface area contributed by atoms with Crippen molar-refractivity contribution >= 4 is 31.2 Å². The lowest BCUT2D eigenvalue weighted by Crippen LogP contribution is -2.60. The number of hydrogen-bond donors (Lipinski definition) is 1. The molecule has 39 heavy (non-hydrogen) atoms. The van der Waals surface area contributed by atoms with Crippen molar-refractivity contribution in [2.24, 2.45) is 0 Å². The van der Waals surface area contributed by atoms with Crippen molar-refractivity contribution in [3.63, 3.8) is 0 Å². The zero-order valence-electron chi connectivity index (χ0n) is 22.3. The van der Waals surface area contributed by atoms with Gasteiger partial charge in [0.1, 0.15) is 18.4 Å². The van der Waals surface area contributed by atoms with Crippen LogP contribution in [0.3, 0.4) is 0 Å². The van der Waals surface area contributed by atoms with Crippen LogP contribution in [0.25, 0.3) is 0 Å². The molecule has 2 aromatic carbocycles. The van der Waals surface area contributed by atoms with Gasteiger partial charge in [0.2, 0.25) is 11.8 Å². The molecule has 1 N–H and O–H groups in total. The van der Waals surface area contributed by atoms with Crippen LogP contribution in [0, 0.1) is 0 Å². The van der Waals surface area contributed by atoms with Gasteiger partial charge in [0.15, 0.2) is 0 Å². The standard InChI is InChI=1S/C28H34N3O7P/c1-3-37-39(36,38-4-2)20-29-27(35)28(16-10-11-17-28)31(18-21-12-6-5-7-13-21)24(32)19-30-25(33)22-14-8-9-15-23(22)26(30)34/h5-9,12-15H,3-4,10-11,16-20H2,1-2H3,(H,29,35). The van der Waals surface area contributed by atoms with Crippen molar-refractivity contribution < 1.29 is 32.8 Å². The molecule has 1 aliphatic carbocycles. The van der Waals surface area contributed by atoms with Crippen LogP contribution in [0.4, 0.5) is 0 Å². The first kappa shape index (κ1) is 28.7. The van der Waals surface area contributed by atoms with Crippen molar-refractivity contribution in [1.29, 1.82) is 0 Å². The fourth-order valence-electron chi connectivity index (χ4n) is 5.28. The summed E-state index contributed by atoms with van der Waals surface area (Å²) in [6.45, 7) is 3.28. The number of nitrogens with zero attached hydrogens (tertiary/aromatic N) is 2. The number of rotatable bonds is 12. The van der Waals surface area contributed by atoms with Gasteiger partial charge in [0, 0.05) is 6.54 Å². The number of benzene rings is 2. The Hall–Kier alpha value is -3.33. The van der Waals surface area contributed by atoms with Gasteiger partial charge >= 0.3 is 7.60 Å². The molecule has 10 nitrogen and oxygen atoms in total. The second kappa shape index (κ2) is 12.2. The van der Waals surface area contributed by atoms with E-state index >= 15 is 0 Å². The molecule has 2 aromatic rings. The van der Waals surface area contributed by atoms with Gasteiger partial charge in [-0.2, -0.15) is 0 Å². The van der Waals surface area contributed by atoms with Crippen molar-refractivity contribution in [3.8, 4) is 0 Å². The predicted molar refractivity (Wildman–Crippen MR) is 144 cm³/mol. The highest BCUT2D eigenvalue weighted by Crippen LogP contribution is 2.47. The monoisotopic (exact) mass is 555 g/mol. The van der Waals surface area contributed by atoms with E-state index in [2.05, 4.69) is 5.32 Å². The molecule has 4 amide bonds. The minimum Gasteiger partial charge on any atom is -0.342 e. The normalized spacial score (nSPS) is 16.3. The van der Waals surface area contributed by atoms with Crippen LogP contribution in [0.1, 0.15) is 65.8 Å². The summed E-state index contributed by atoms with van der Waals surface area (Å²) < 4.78 is 23.7. The molecule has 1 saturated carbocycles. The highest BCUT2D eigenvalue weighted by Gasteiger charge is 2.50. The van der Waals surface area contributed by atoms with Gasteiger partial charge in [-0.1, -0.05) is 55.3 Å². The van der Waals surface area contributed by atoms with Crippen LogP contribution in [0.2, 0.25) is 0 Å². The maximum Gasteiger partial charge on any atom is 0.349 e.